The van der Waals surface area contributed by atoms with Crippen LogP contribution < -0.4 is 5.56 Å². The number of aromatic nitrogens is 2. The Kier molecular flexibility index (Phi) is 5.39. The summed E-state index contributed by atoms with van der Waals surface area (Å²) in [6.07, 6.45) is 4.88. The molecule has 0 radical (unpaired) electrons. The summed E-state index contributed by atoms with van der Waals surface area (Å²) in [6.45, 7) is 5.47. The summed E-state index contributed by atoms with van der Waals surface area (Å²) in [5.74, 6) is 0.441. The maximum Gasteiger partial charge on any atom is 0.261 e. The van der Waals surface area contributed by atoms with Gasteiger partial charge in [0.25, 0.3) is 5.56 Å². The van der Waals surface area contributed by atoms with Crippen LogP contribution in [0.2, 0.25) is 0 Å². The van der Waals surface area contributed by atoms with Crippen molar-refractivity contribution in [1.29, 1.82) is 0 Å². The van der Waals surface area contributed by atoms with E-state index in [2.05, 4.69) is 4.98 Å². The number of para-hydroxylation sites is 1. The van der Waals surface area contributed by atoms with E-state index in [1.807, 2.05) is 35.8 Å². The minimum atomic E-state index is -0.124. The van der Waals surface area contributed by atoms with Crippen LogP contribution in [0.25, 0.3) is 10.9 Å². The molecule has 1 saturated carbocycles. The Balaban J connectivity index is 1.39. The van der Waals surface area contributed by atoms with Crippen molar-refractivity contribution in [2.75, 3.05) is 13.1 Å². The van der Waals surface area contributed by atoms with Gasteiger partial charge in [-0.05, 0) is 38.8 Å². The van der Waals surface area contributed by atoms with Gasteiger partial charge in [-0.25, -0.2) is 4.98 Å². The first-order chi connectivity index (χ1) is 14.0. The second kappa shape index (κ2) is 7.97. The number of aryl methyl sites for hydroxylation is 1. The van der Waals surface area contributed by atoms with Gasteiger partial charge in [0.2, 0.25) is 11.8 Å². The van der Waals surface area contributed by atoms with Crippen LogP contribution in [0.15, 0.2) is 35.4 Å². The molecule has 7 heteroatoms. The molecule has 0 bridgehead atoms. The number of nitrogens with zero attached hydrogens (tertiary/aromatic N) is 4. The van der Waals surface area contributed by atoms with Gasteiger partial charge in [-0.1, -0.05) is 18.6 Å². The first kappa shape index (κ1) is 19.6. The molecule has 1 aliphatic carbocycles. The number of fused-ring (bicyclic) bond motifs is 1. The number of carbonyl (C=O) groups is 2. The summed E-state index contributed by atoms with van der Waals surface area (Å²) in [5.41, 5.74) is 0.538. The molecule has 1 aromatic carbocycles. The molecule has 29 heavy (non-hydrogen) atoms. The molecule has 2 amide bonds. The SMILES string of the molecule is C[C@@H]1[C@H](C)N(C(=O)CCn2cnc3ccccc3c2=O)CCN1C(=O)C1CCC1. The van der Waals surface area contributed by atoms with E-state index < -0.39 is 0 Å². The third-order valence-corrected chi connectivity index (χ3v) is 6.62. The zero-order valence-electron chi connectivity index (χ0n) is 17.1. The van der Waals surface area contributed by atoms with Crippen molar-refractivity contribution in [1.82, 2.24) is 19.4 Å². The molecule has 1 saturated heterocycles. The van der Waals surface area contributed by atoms with Crippen molar-refractivity contribution in [3.8, 4) is 0 Å². The third kappa shape index (κ3) is 3.66. The molecule has 2 fully saturated rings. The van der Waals surface area contributed by atoms with Gasteiger partial charge in [-0.3, -0.25) is 19.0 Å². The first-order valence-electron chi connectivity index (χ1n) is 10.5. The third-order valence-electron chi connectivity index (χ3n) is 6.62. The van der Waals surface area contributed by atoms with Crippen LogP contribution >= 0.6 is 0 Å². The van der Waals surface area contributed by atoms with E-state index in [0.29, 0.717) is 30.5 Å². The molecular weight excluding hydrogens is 368 g/mol. The Bertz CT molecular complexity index is 981. The van der Waals surface area contributed by atoms with E-state index in [1.165, 1.54) is 10.9 Å². The monoisotopic (exact) mass is 396 g/mol. The zero-order chi connectivity index (χ0) is 20.5. The molecule has 1 aromatic heterocycles. The topological polar surface area (TPSA) is 75.5 Å². The predicted molar refractivity (Wildman–Crippen MR) is 110 cm³/mol. The van der Waals surface area contributed by atoms with E-state index in [1.54, 1.807) is 12.1 Å². The van der Waals surface area contributed by atoms with Crippen LogP contribution in [0.3, 0.4) is 0 Å². The molecule has 4 rings (SSSR count). The van der Waals surface area contributed by atoms with Crippen LogP contribution in [0.1, 0.15) is 39.5 Å². The standard InChI is InChI=1S/C22H28N4O3/c1-15-16(2)26(21(28)17-6-5-7-17)13-12-25(15)20(27)10-11-24-14-23-19-9-4-3-8-18(19)22(24)29/h3-4,8-9,14-17H,5-7,10-13H2,1-2H3/t15-,16+/m0/s1. The largest absolute Gasteiger partial charge is 0.336 e. The highest BCUT2D eigenvalue weighted by molar-refractivity contribution is 5.81. The average Bonchev–Trinajstić information content (AvgIpc) is 2.68. The fourth-order valence-electron chi connectivity index (χ4n) is 4.32. The number of carbonyl (C=O) groups excluding carboxylic acids is 2. The minimum Gasteiger partial charge on any atom is -0.336 e. The highest BCUT2D eigenvalue weighted by Crippen LogP contribution is 2.30. The van der Waals surface area contributed by atoms with Gasteiger partial charge < -0.3 is 9.80 Å². The van der Waals surface area contributed by atoms with Crippen LogP contribution in [0.5, 0.6) is 0 Å². The Hall–Kier alpha value is -2.70. The van der Waals surface area contributed by atoms with Crippen LogP contribution in [-0.4, -0.2) is 56.3 Å². The molecule has 2 aromatic rings. The predicted octanol–water partition coefficient (Wildman–Crippen LogP) is 2.03. The molecule has 7 nitrogen and oxygen atoms in total. The van der Waals surface area contributed by atoms with Crippen molar-refractivity contribution >= 4 is 22.7 Å². The summed E-state index contributed by atoms with van der Waals surface area (Å²) in [6, 6.07) is 7.19. The van der Waals surface area contributed by atoms with Crippen LogP contribution in [-0.2, 0) is 16.1 Å². The molecular formula is C22H28N4O3. The van der Waals surface area contributed by atoms with Gasteiger partial charge >= 0.3 is 0 Å². The van der Waals surface area contributed by atoms with Gasteiger partial charge in [0.1, 0.15) is 0 Å². The van der Waals surface area contributed by atoms with Crippen molar-refractivity contribution < 1.29 is 9.59 Å². The van der Waals surface area contributed by atoms with Gasteiger partial charge in [0.05, 0.1) is 17.2 Å². The number of rotatable bonds is 4. The minimum absolute atomic E-state index is 0.00542. The molecule has 0 spiro atoms. The summed E-state index contributed by atoms with van der Waals surface area (Å²) in [7, 11) is 0. The van der Waals surface area contributed by atoms with Gasteiger partial charge in [-0.15, -0.1) is 0 Å². The second-order valence-corrected chi connectivity index (χ2v) is 8.24. The molecule has 2 heterocycles. The van der Waals surface area contributed by atoms with Gasteiger partial charge in [0.15, 0.2) is 0 Å². The Labute approximate surface area is 170 Å². The van der Waals surface area contributed by atoms with E-state index in [9.17, 15) is 14.4 Å². The van der Waals surface area contributed by atoms with Crippen molar-refractivity contribution in [2.24, 2.45) is 5.92 Å². The van der Waals surface area contributed by atoms with Crippen molar-refractivity contribution in [3.63, 3.8) is 0 Å². The van der Waals surface area contributed by atoms with Gasteiger partial charge in [0, 0.05) is 44.1 Å². The quantitative estimate of drug-likeness (QED) is 0.793. The number of amides is 2. The number of benzene rings is 1. The molecule has 1 aliphatic heterocycles. The maximum atomic E-state index is 12.9. The lowest BCUT2D eigenvalue weighted by Gasteiger charge is -2.46. The van der Waals surface area contributed by atoms with Crippen molar-refractivity contribution in [2.45, 2.75) is 58.2 Å². The summed E-state index contributed by atoms with van der Waals surface area (Å²) >= 11 is 0. The second-order valence-electron chi connectivity index (χ2n) is 8.24. The molecule has 2 atom stereocenters. The first-order valence-corrected chi connectivity index (χ1v) is 10.5. The molecule has 0 unspecified atom stereocenters. The Morgan fingerprint density at radius 3 is 2.48 bits per heavy atom. The number of hydrogen-bond donors (Lipinski definition) is 0. The molecule has 2 aliphatic rings. The Morgan fingerprint density at radius 2 is 1.76 bits per heavy atom. The lowest BCUT2D eigenvalue weighted by atomic mass is 9.83. The lowest BCUT2D eigenvalue weighted by molar-refractivity contribution is -0.150. The van der Waals surface area contributed by atoms with Crippen LogP contribution in [0.4, 0.5) is 0 Å². The highest BCUT2D eigenvalue weighted by atomic mass is 16.2. The lowest BCUT2D eigenvalue weighted by Crippen LogP contribution is -2.61. The summed E-state index contributed by atoms with van der Waals surface area (Å²) < 4.78 is 1.50. The number of piperazine rings is 1. The molecule has 154 valence electrons. The van der Waals surface area contributed by atoms with E-state index >= 15 is 0 Å². The summed E-state index contributed by atoms with van der Waals surface area (Å²) in [4.78, 5) is 46.2. The highest BCUT2D eigenvalue weighted by Gasteiger charge is 2.38. The zero-order valence-corrected chi connectivity index (χ0v) is 17.1. The Morgan fingerprint density at radius 1 is 1.07 bits per heavy atom. The van der Waals surface area contributed by atoms with Crippen LogP contribution in [0, 0.1) is 5.92 Å². The van der Waals surface area contributed by atoms with Gasteiger partial charge in [-0.2, -0.15) is 0 Å². The van der Waals surface area contributed by atoms with E-state index in [4.69, 9.17) is 0 Å². The average molecular weight is 396 g/mol. The fraction of sp³-hybridized carbons (Fsp3) is 0.545. The summed E-state index contributed by atoms with van der Waals surface area (Å²) in [5, 5.41) is 0.563. The normalized spacial score (nSPS) is 22.6. The van der Waals surface area contributed by atoms with E-state index in [0.717, 1.165) is 19.3 Å². The maximum absolute atomic E-state index is 12.9. The smallest absolute Gasteiger partial charge is 0.261 e. The number of hydrogen-bond acceptors (Lipinski definition) is 4. The fourth-order valence-corrected chi connectivity index (χ4v) is 4.32. The van der Waals surface area contributed by atoms with Crippen molar-refractivity contribution in [3.05, 3.63) is 40.9 Å². The molecule has 0 N–H and O–H groups in total. The van der Waals surface area contributed by atoms with E-state index in [-0.39, 0.29) is 41.8 Å².